The fourth-order valence-electron chi connectivity index (χ4n) is 16.7. The molecule has 0 spiro atoms. The summed E-state index contributed by atoms with van der Waals surface area (Å²) in [4.78, 5) is 0. The Kier molecular flexibility index (Phi) is 12.7. The summed E-state index contributed by atoms with van der Waals surface area (Å²) in [6.45, 7) is 4.72. The first kappa shape index (κ1) is 56.6. The number of para-hydroxylation sites is 4. The van der Waals surface area contributed by atoms with Crippen LogP contribution in [0.1, 0.15) is 25.0 Å². The summed E-state index contributed by atoms with van der Waals surface area (Å²) in [5.74, 6) is 0. The highest BCUT2D eigenvalue weighted by molar-refractivity contribution is 6.15. The normalized spacial score (nSPS) is 12.6. The van der Waals surface area contributed by atoms with Crippen LogP contribution in [0.15, 0.2) is 352 Å². The quantitative estimate of drug-likeness (QED) is 0.152. The van der Waals surface area contributed by atoms with E-state index < -0.39 is 0 Å². The van der Waals surface area contributed by atoms with Gasteiger partial charge in [0.15, 0.2) is 0 Å². The van der Waals surface area contributed by atoms with Crippen molar-refractivity contribution in [2.45, 2.75) is 19.3 Å². The molecule has 20 aromatic rings. The SMILES string of the molecule is CC1(C)c2ccccc2-c2ccc(-n3c4ccccc4c4ccc(-c5ccc6c(c5)c5ccccc5n6-c5ccc6ccccc6c5)cc43)cc21.c1ccc(-c2ccc(-n3c4ccccc4c4ccc(-c5ccc6c(c5)c5ccccc5n6-c5cccc6ccccc56)cc43)cc2)cc1. The fourth-order valence-corrected chi connectivity index (χ4v) is 16.7. The van der Waals surface area contributed by atoms with Crippen LogP contribution < -0.4 is 0 Å². The van der Waals surface area contributed by atoms with Gasteiger partial charge < -0.3 is 18.3 Å². The molecule has 0 unspecified atom stereocenters. The highest BCUT2D eigenvalue weighted by Crippen LogP contribution is 2.50. The molecule has 0 amide bonds. The molecule has 0 radical (unpaired) electrons. The zero-order valence-electron chi connectivity index (χ0n) is 54.8. The Labute approximate surface area is 573 Å². The zero-order valence-corrected chi connectivity index (χ0v) is 54.8. The molecule has 4 nitrogen and oxygen atoms in total. The summed E-state index contributed by atoms with van der Waals surface area (Å²) >= 11 is 0. The van der Waals surface area contributed by atoms with E-state index in [4.69, 9.17) is 0 Å². The second-order valence-corrected chi connectivity index (χ2v) is 27.2. The molecule has 0 fully saturated rings. The van der Waals surface area contributed by atoms with Crippen molar-refractivity contribution in [3.63, 3.8) is 0 Å². The van der Waals surface area contributed by atoms with Crippen molar-refractivity contribution >= 4 is 109 Å². The van der Waals surface area contributed by atoms with Gasteiger partial charge in [-0.05, 0) is 175 Å². The molecule has 4 heterocycles. The Morgan fingerprint density at radius 2 is 0.586 bits per heavy atom. The topological polar surface area (TPSA) is 19.7 Å². The largest absolute Gasteiger partial charge is 0.309 e. The standard InChI is InChI=1S/C49H34N2.C46H30N2/c1-49(2)43-16-8-5-13-37(43)38-25-23-36(30-44(38)49)51-45-17-9-6-14-39(45)41-24-20-34(29-48(41)51)33-21-26-47-42(28-33)40-15-7-10-18-46(40)50(47)35-22-19-31-11-3-4-12-32(31)27-35;1-2-11-31(12-3-1)32-21-25-36(26-22-32)47-43-18-8-6-16-38(43)40-27-23-35(30-46(40)47)34-24-28-45-41(29-34)39-17-7-9-19-44(39)48(45)42-20-10-14-33-13-4-5-15-37(33)42/h3-30H,1-2H3;1-30H. The fraction of sp³-hybridized carbons (Fsp3) is 0.0316. The van der Waals surface area contributed by atoms with Gasteiger partial charge in [-0.15, -0.1) is 0 Å². The molecule has 1 aliphatic carbocycles. The molecule has 0 aliphatic heterocycles. The van der Waals surface area contributed by atoms with Gasteiger partial charge in [0.25, 0.3) is 0 Å². The first-order valence-electron chi connectivity index (χ1n) is 34.4. The van der Waals surface area contributed by atoms with Crippen LogP contribution in [-0.2, 0) is 5.41 Å². The van der Waals surface area contributed by atoms with Crippen LogP contribution in [0.25, 0.3) is 176 Å². The van der Waals surface area contributed by atoms with E-state index in [1.54, 1.807) is 0 Å². The Morgan fingerprint density at radius 1 is 0.192 bits per heavy atom. The van der Waals surface area contributed by atoms with Crippen LogP contribution in [0.2, 0.25) is 0 Å². The summed E-state index contributed by atoms with van der Waals surface area (Å²) in [6, 6.07) is 129. The number of nitrogens with zero attached hydrogens (tertiary/aromatic N) is 4. The van der Waals surface area contributed by atoms with Gasteiger partial charge in [-0.3, -0.25) is 0 Å². The van der Waals surface area contributed by atoms with E-state index in [0.717, 1.165) is 5.69 Å². The highest BCUT2D eigenvalue weighted by Gasteiger charge is 2.35. The maximum absolute atomic E-state index is 2.47. The summed E-state index contributed by atoms with van der Waals surface area (Å²) in [5.41, 5.74) is 27.2. The van der Waals surface area contributed by atoms with Gasteiger partial charge in [0.1, 0.15) is 0 Å². The summed E-state index contributed by atoms with van der Waals surface area (Å²) in [6.07, 6.45) is 0. The van der Waals surface area contributed by atoms with Gasteiger partial charge in [-0.2, -0.15) is 0 Å². The zero-order chi connectivity index (χ0) is 65.5. The molecular formula is C95H64N4. The van der Waals surface area contributed by atoms with Gasteiger partial charge in [0, 0.05) is 71.0 Å². The van der Waals surface area contributed by atoms with Crippen LogP contribution in [0.5, 0.6) is 0 Å². The minimum atomic E-state index is -0.0622. The molecular weight excluding hydrogens is 1200 g/mol. The third-order valence-electron chi connectivity index (χ3n) is 21.4. The van der Waals surface area contributed by atoms with Crippen molar-refractivity contribution in [3.05, 3.63) is 363 Å². The summed E-state index contributed by atoms with van der Waals surface area (Å²) < 4.78 is 9.72. The van der Waals surface area contributed by atoms with Crippen LogP contribution in [0, 0.1) is 0 Å². The Bertz CT molecular complexity index is 6680. The molecule has 0 saturated heterocycles. The van der Waals surface area contributed by atoms with E-state index in [2.05, 4.69) is 384 Å². The molecule has 1 aliphatic rings. The minimum absolute atomic E-state index is 0.0622. The Morgan fingerprint density at radius 3 is 1.22 bits per heavy atom. The molecule has 0 bridgehead atoms. The molecule has 4 aromatic heterocycles. The Balaban J connectivity index is 0.000000134. The van der Waals surface area contributed by atoms with Crippen LogP contribution in [0.3, 0.4) is 0 Å². The summed E-state index contributed by atoms with van der Waals surface area (Å²) in [7, 11) is 0. The summed E-state index contributed by atoms with van der Waals surface area (Å²) in [5, 5.41) is 15.1. The first-order chi connectivity index (χ1) is 48.9. The molecule has 0 saturated carbocycles. The van der Waals surface area contributed by atoms with E-state index in [9.17, 15) is 0 Å². The lowest BCUT2D eigenvalue weighted by Gasteiger charge is -2.22. The lowest BCUT2D eigenvalue weighted by atomic mass is 9.82. The van der Waals surface area contributed by atoms with Crippen molar-refractivity contribution in [2.75, 3.05) is 0 Å². The predicted octanol–water partition coefficient (Wildman–Crippen LogP) is 25.4. The molecule has 99 heavy (non-hydrogen) atoms. The van der Waals surface area contributed by atoms with Crippen molar-refractivity contribution in [1.29, 1.82) is 0 Å². The highest BCUT2D eigenvalue weighted by atomic mass is 15.0. The number of fused-ring (bicyclic) bond motifs is 17. The van der Waals surface area contributed by atoms with E-state index in [-0.39, 0.29) is 5.41 Å². The van der Waals surface area contributed by atoms with Crippen molar-refractivity contribution < 1.29 is 0 Å². The number of rotatable bonds is 7. The van der Waals surface area contributed by atoms with Crippen molar-refractivity contribution in [2.24, 2.45) is 0 Å². The third kappa shape index (κ3) is 8.86. The lowest BCUT2D eigenvalue weighted by molar-refractivity contribution is 0.660. The minimum Gasteiger partial charge on any atom is -0.309 e. The number of benzene rings is 16. The van der Waals surface area contributed by atoms with Gasteiger partial charge in [-0.25, -0.2) is 0 Å². The molecule has 0 N–H and O–H groups in total. The maximum Gasteiger partial charge on any atom is 0.0547 e. The van der Waals surface area contributed by atoms with Crippen molar-refractivity contribution in [1.82, 2.24) is 18.3 Å². The van der Waals surface area contributed by atoms with E-state index >= 15 is 0 Å². The second-order valence-electron chi connectivity index (χ2n) is 27.2. The number of aromatic nitrogens is 4. The number of hydrogen-bond donors (Lipinski definition) is 0. The van der Waals surface area contributed by atoms with E-state index in [1.807, 2.05) is 0 Å². The molecule has 0 atom stereocenters. The van der Waals surface area contributed by atoms with Crippen molar-refractivity contribution in [3.8, 4) is 67.3 Å². The second kappa shape index (κ2) is 22.2. The molecule has 464 valence electrons. The van der Waals surface area contributed by atoms with E-state index in [0.29, 0.717) is 0 Å². The average Bonchev–Trinajstić information content (AvgIpc) is 1.58. The van der Waals surface area contributed by atoms with E-state index in [1.165, 1.54) is 181 Å². The van der Waals surface area contributed by atoms with Gasteiger partial charge in [-0.1, -0.05) is 263 Å². The first-order valence-corrected chi connectivity index (χ1v) is 34.4. The maximum atomic E-state index is 2.47. The number of hydrogen-bond acceptors (Lipinski definition) is 0. The Hall–Kier alpha value is -12.8. The van der Waals surface area contributed by atoms with Gasteiger partial charge in [0.2, 0.25) is 0 Å². The van der Waals surface area contributed by atoms with Gasteiger partial charge in [0.05, 0.1) is 49.8 Å². The van der Waals surface area contributed by atoms with Crippen LogP contribution >= 0.6 is 0 Å². The van der Waals surface area contributed by atoms with Gasteiger partial charge >= 0.3 is 0 Å². The molecule has 4 heteroatoms. The van der Waals surface area contributed by atoms with Crippen LogP contribution in [0.4, 0.5) is 0 Å². The molecule has 21 rings (SSSR count). The average molecular weight is 1260 g/mol. The third-order valence-corrected chi connectivity index (χ3v) is 21.4. The predicted molar refractivity (Wildman–Crippen MR) is 419 cm³/mol. The molecule has 16 aromatic carbocycles. The lowest BCUT2D eigenvalue weighted by Crippen LogP contribution is -2.15. The monoisotopic (exact) mass is 1260 g/mol. The smallest absolute Gasteiger partial charge is 0.0547 e. The van der Waals surface area contributed by atoms with Crippen LogP contribution in [-0.4, -0.2) is 18.3 Å².